The molecule has 1 aliphatic heterocycles. The second-order valence-corrected chi connectivity index (χ2v) is 8.18. The summed E-state index contributed by atoms with van der Waals surface area (Å²) < 4.78 is 6.18. The smallest absolute Gasteiger partial charge is 0.300 e. The Morgan fingerprint density at radius 1 is 1.00 bits per heavy atom. The van der Waals surface area contributed by atoms with Crippen molar-refractivity contribution in [2.24, 2.45) is 0 Å². The third-order valence-corrected chi connectivity index (χ3v) is 5.75. The summed E-state index contributed by atoms with van der Waals surface area (Å²) in [6.45, 7) is 1.88. The number of ether oxygens (including phenoxy) is 1. The van der Waals surface area contributed by atoms with Crippen molar-refractivity contribution in [3.8, 4) is 5.75 Å². The van der Waals surface area contributed by atoms with E-state index < -0.39 is 17.7 Å². The van der Waals surface area contributed by atoms with Crippen LogP contribution in [0.15, 0.2) is 82.8 Å². The van der Waals surface area contributed by atoms with Crippen molar-refractivity contribution < 1.29 is 19.4 Å². The van der Waals surface area contributed by atoms with Gasteiger partial charge in [-0.3, -0.25) is 14.5 Å². The highest BCUT2D eigenvalue weighted by Gasteiger charge is 2.47. The van der Waals surface area contributed by atoms with E-state index >= 15 is 0 Å². The molecule has 1 fully saturated rings. The van der Waals surface area contributed by atoms with Gasteiger partial charge in [-0.25, -0.2) is 0 Å². The number of hydrogen-bond donors (Lipinski definition) is 1. The fourth-order valence-electron chi connectivity index (χ4n) is 3.83. The minimum Gasteiger partial charge on any atom is -0.507 e. The number of carbonyl (C=O) groups excluding carboxylic acids is 2. The first-order valence-corrected chi connectivity index (χ1v) is 10.5. The van der Waals surface area contributed by atoms with Gasteiger partial charge in [-0.15, -0.1) is 0 Å². The number of halogens is 1. The van der Waals surface area contributed by atoms with Crippen LogP contribution < -0.4 is 9.64 Å². The molecule has 3 aromatic carbocycles. The van der Waals surface area contributed by atoms with Crippen molar-refractivity contribution in [2.75, 3.05) is 12.0 Å². The zero-order chi connectivity index (χ0) is 22.1. The number of anilines is 1. The summed E-state index contributed by atoms with van der Waals surface area (Å²) in [4.78, 5) is 27.8. The monoisotopic (exact) mass is 477 g/mol. The molecule has 0 spiro atoms. The van der Waals surface area contributed by atoms with Crippen LogP contribution in [0.25, 0.3) is 5.76 Å². The summed E-state index contributed by atoms with van der Waals surface area (Å²) >= 11 is 3.43. The van der Waals surface area contributed by atoms with E-state index in [0.29, 0.717) is 17.0 Å². The Kier molecular flexibility index (Phi) is 5.65. The van der Waals surface area contributed by atoms with Crippen LogP contribution in [0.2, 0.25) is 0 Å². The second kappa shape index (κ2) is 8.40. The van der Waals surface area contributed by atoms with Crippen LogP contribution in [0.1, 0.15) is 22.7 Å². The molecule has 0 aliphatic carbocycles. The molecule has 31 heavy (non-hydrogen) atoms. The molecule has 1 unspecified atom stereocenters. The van der Waals surface area contributed by atoms with Gasteiger partial charge < -0.3 is 9.84 Å². The van der Waals surface area contributed by atoms with E-state index in [0.717, 1.165) is 15.6 Å². The molecule has 1 atom stereocenters. The number of aliphatic hydroxyl groups excluding tert-OH is 1. The molecule has 1 aliphatic rings. The molecule has 1 amide bonds. The van der Waals surface area contributed by atoms with Gasteiger partial charge in [0.15, 0.2) is 0 Å². The zero-order valence-corrected chi connectivity index (χ0v) is 18.6. The molecular formula is C25H20BrNO4. The largest absolute Gasteiger partial charge is 0.507 e. The van der Waals surface area contributed by atoms with Crippen LogP contribution in [0, 0.1) is 6.92 Å². The molecule has 0 bridgehead atoms. The van der Waals surface area contributed by atoms with Crippen LogP contribution >= 0.6 is 15.9 Å². The summed E-state index contributed by atoms with van der Waals surface area (Å²) in [7, 11) is 1.50. The van der Waals surface area contributed by atoms with Crippen LogP contribution in [0.3, 0.4) is 0 Å². The number of amides is 1. The number of rotatable bonds is 4. The van der Waals surface area contributed by atoms with Crippen molar-refractivity contribution in [2.45, 2.75) is 13.0 Å². The van der Waals surface area contributed by atoms with Gasteiger partial charge in [0, 0.05) is 10.2 Å². The molecule has 1 heterocycles. The highest BCUT2D eigenvalue weighted by Crippen LogP contribution is 2.43. The number of aliphatic hydroxyl groups is 1. The van der Waals surface area contributed by atoms with E-state index in [1.807, 2.05) is 49.4 Å². The predicted molar refractivity (Wildman–Crippen MR) is 123 cm³/mol. The lowest BCUT2D eigenvalue weighted by Crippen LogP contribution is -2.29. The van der Waals surface area contributed by atoms with Gasteiger partial charge in [-0.1, -0.05) is 64.0 Å². The Hall–Kier alpha value is -3.38. The average molecular weight is 478 g/mol. The molecule has 4 rings (SSSR count). The SMILES string of the molecule is COc1ccc(C)cc1/C(O)=C1\C(=O)C(=O)N(c2cccc(Br)c2)C1c1ccccc1. The molecule has 1 N–H and O–H groups in total. The number of aryl methyl sites for hydroxylation is 1. The highest BCUT2D eigenvalue weighted by atomic mass is 79.9. The second-order valence-electron chi connectivity index (χ2n) is 7.26. The lowest BCUT2D eigenvalue weighted by Gasteiger charge is -2.25. The third-order valence-electron chi connectivity index (χ3n) is 5.26. The van der Waals surface area contributed by atoms with E-state index in [9.17, 15) is 14.7 Å². The number of benzene rings is 3. The van der Waals surface area contributed by atoms with Crippen molar-refractivity contribution in [1.29, 1.82) is 0 Å². The Morgan fingerprint density at radius 2 is 1.74 bits per heavy atom. The first-order valence-electron chi connectivity index (χ1n) is 9.69. The molecule has 0 radical (unpaired) electrons. The highest BCUT2D eigenvalue weighted by molar-refractivity contribution is 9.10. The van der Waals surface area contributed by atoms with Crippen LogP contribution in [0.4, 0.5) is 5.69 Å². The molecule has 3 aromatic rings. The van der Waals surface area contributed by atoms with Gasteiger partial charge in [0.2, 0.25) is 0 Å². The Morgan fingerprint density at radius 3 is 2.42 bits per heavy atom. The molecule has 156 valence electrons. The molecule has 0 saturated carbocycles. The molecule has 5 nitrogen and oxygen atoms in total. The third kappa shape index (κ3) is 3.75. The summed E-state index contributed by atoms with van der Waals surface area (Å²) in [5.41, 5.74) is 2.56. The average Bonchev–Trinajstić information content (AvgIpc) is 3.04. The fourth-order valence-corrected chi connectivity index (χ4v) is 4.21. The number of methoxy groups -OCH3 is 1. The number of ketones is 1. The molecular weight excluding hydrogens is 458 g/mol. The van der Waals surface area contributed by atoms with Gasteiger partial charge in [-0.2, -0.15) is 0 Å². The minimum absolute atomic E-state index is 0.0278. The molecule has 6 heteroatoms. The standard InChI is InChI=1S/C25H20BrNO4/c1-15-11-12-20(31-2)19(13-15)23(28)21-22(16-7-4-3-5-8-16)27(25(30)24(21)29)18-10-6-9-17(26)14-18/h3-14,22,28H,1-2H3/b23-21+. The number of carbonyl (C=O) groups is 2. The molecule has 1 saturated heterocycles. The maximum Gasteiger partial charge on any atom is 0.300 e. The fraction of sp³-hybridized carbons (Fsp3) is 0.120. The Bertz CT molecular complexity index is 1200. The van der Waals surface area contributed by atoms with Crippen LogP contribution in [-0.4, -0.2) is 23.9 Å². The van der Waals surface area contributed by atoms with E-state index in [1.54, 1.807) is 30.3 Å². The summed E-state index contributed by atoms with van der Waals surface area (Å²) in [6.07, 6.45) is 0. The van der Waals surface area contributed by atoms with E-state index in [2.05, 4.69) is 15.9 Å². The lowest BCUT2D eigenvalue weighted by atomic mass is 9.94. The first kappa shape index (κ1) is 20.9. The predicted octanol–water partition coefficient (Wildman–Crippen LogP) is 5.39. The van der Waals surface area contributed by atoms with Crippen molar-refractivity contribution in [3.63, 3.8) is 0 Å². The van der Waals surface area contributed by atoms with Gasteiger partial charge >= 0.3 is 0 Å². The first-order chi connectivity index (χ1) is 14.9. The Balaban J connectivity index is 1.99. The van der Waals surface area contributed by atoms with Crippen molar-refractivity contribution in [1.82, 2.24) is 0 Å². The summed E-state index contributed by atoms with van der Waals surface area (Å²) in [5.74, 6) is -1.27. The van der Waals surface area contributed by atoms with Crippen molar-refractivity contribution in [3.05, 3.63) is 99.5 Å². The normalized spacial score (nSPS) is 17.8. The van der Waals surface area contributed by atoms with Gasteiger partial charge in [0.05, 0.1) is 24.3 Å². The number of hydrogen-bond acceptors (Lipinski definition) is 4. The maximum absolute atomic E-state index is 13.2. The number of nitrogens with zero attached hydrogens (tertiary/aromatic N) is 1. The summed E-state index contributed by atoms with van der Waals surface area (Å²) in [5, 5.41) is 11.3. The Labute approximate surface area is 188 Å². The van der Waals surface area contributed by atoms with Crippen molar-refractivity contribution >= 4 is 39.1 Å². The van der Waals surface area contributed by atoms with E-state index in [4.69, 9.17) is 4.74 Å². The van der Waals surface area contributed by atoms with Crippen LogP contribution in [0.5, 0.6) is 5.75 Å². The maximum atomic E-state index is 13.2. The zero-order valence-electron chi connectivity index (χ0n) is 17.0. The van der Waals surface area contributed by atoms with Gasteiger partial charge in [0.25, 0.3) is 11.7 Å². The molecule has 0 aromatic heterocycles. The van der Waals surface area contributed by atoms with E-state index in [1.165, 1.54) is 12.0 Å². The topological polar surface area (TPSA) is 66.8 Å². The van der Waals surface area contributed by atoms with Gasteiger partial charge in [0.1, 0.15) is 11.5 Å². The summed E-state index contributed by atoms with van der Waals surface area (Å²) in [6, 6.07) is 20.9. The quantitative estimate of drug-likeness (QED) is 0.310. The van der Waals surface area contributed by atoms with Gasteiger partial charge in [-0.05, 0) is 42.8 Å². The minimum atomic E-state index is -0.777. The lowest BCUT2D eigenvalue weighted by molar-refractivity contribution is -0.132. The van der Waals surface area contributed by atoms with E-state index in [-0.39, 0.29) is 11.3 Å². The van der Waals surface area contributed by atoms with Crippen LogP contribution in [-0.2, 0) is 9.59 Å². The number of Topliss-reactive ketones (excluding diaryl/α,β-unsaturated/α-hetero) is 1.